The standard InChI is InChI=1S/C24H28N4O3S/c1-24(2,3)18-9-11-19(12-10-18)32(30,31)28-22(23(29)26-14-6-13-25)15-17-16-27-21-8-5-4-7-20(17)21/h4-5,7-12,16,22,27-28H,6,14-15H2,1-3H3,(H,26,29). The molecule has 0 aliphatic heterocycles. The first kappa shape index (κ1) is 23.5. The van der Waals surface area contributed by atoms with E-state index in [1.165, 1.54) is 0 Å². The van der Waals surface area contributed by atoms with Gasteiger partial charge in [0.25, 0.3) is 0 Å². The molecule has 0 aliphatic carbocycles. The Morgan fingerprint density at radius 1 is 1.12 bits per heavy atom. The molecule has 7 nitrogen and oxygen atoms in total. The van der Waals surface area contributed by atoms with Gasteiger partial charge in [-0.2, -0.15) is 9.98 Å². The highest BCUT2D eigenvalue weighted by molar-refractivity contribution is 7.89. The third-order valence-corrected chi connectivity index (χ3v) is 6.77. The van der Waals surface area contributed by atoms with E-state index < -0.39 is 22.0 Å². The van der Waals surface area contributed by atoms with E-state index in [2.05, 4.69) is 35.8 Å². The van der Waals surface area contributed by atoms with E-state index in [0.717, 1.165) is 22.0 Å². The lowest BCUT2D eigenvalue weighted by Crippen LogP contribution is -2.48. The predicted octanol–water partition coefficient (Wildman–Crippen LogP) is 3.38. The van der Waals surface area contributed by atoms with E-state index in [0.29, 0.717) is 0 Å². The van der Waals surface area contributed by atoms with Crippen molar-refractivity contribution in [2.45, 2.75) is 50.0 Å². The molecule has 32 heavy (non-hydrogen) atoms. The molecular formula is C24H28N4O3S. The Morgan fingerprint density at radius 3 is 2.47 bits per heavy atom. The summed E-state index contributed by atoms with van der Waals surface area (Å²) in [5.74, 6) is -0.472. The van der Waals surface area contributed by atoms with Gasteiger partial charge in [0.1, 0.15) is 6.04 Å². The molecule has 0 spiro atoms. The Labute approximate surface area is 188 Å². The van der Waals surface area contributed by atoms with Crippen molar-refractivity contribution < 1.29 is 13.2 Å². The van der Waals surface area contributed by atoms with Gasteiger partial charge >= 0.3 is 0 Å². The number of nitrogens with one attached hydrogen (secondary N) is 3. The van der Waals surface area contributed by atoms with Crippen molar-refractivity contribution in [1.29, 1.82) is 5.26 Å². The zero-order chi connectivity index (χ0) is 23.4. The van der Waals surface area contributed by atoms with E-state index in [1.807, 2.05) is 30.3 Å². The Kier molecular flexibility index (Phi) is 7.02. The number of H-pyrrole nitrogens is 1. The summed E-state index contributed by atoms with van der Waals surface area (Å²) in [4.78, 5) is 16.1. The second-order valence-corrected chi connectivity index (χ2v) is 10.4. The number of amides is 1. The van der Waals surface area contributed by atoms with Crippen molar-refractivity contribution in [1.82, 2.24) is 15.0 Å². The zero-order valence-corrected chi connectivity index (χ0v) is 19.3. The molecule has 1 atom stereocenters. The van der Waals surface area contributed by atoms with Crippen molar-refractivity contribution in [3.05, 3.63) is 65.9 Å². The second-order valence-electron chi connectivity index (χ2n) is 8.71. The summed E-state index contributed by atoms with van der Waals surface area (Å²) in [6.45, 7) is 6.31. The molecule has 1 aromatic heterocycles. The van der Waals surface area contributed by atoms with E-state index in [4.69, 9.17) is 5.26 Å². The molecule has 3 rings (SSSR count). The molecule has 2 aromatic carbocycles. The minimum Gasteiger partial charge on any atom is -0.361 e. The van der Waals surface area contributed by atoms with Crippen LogP contribution in [-0.2, 0) is 26.7 Å². The molecule has 3 aromatic rings. The number of aromatic nitrogens is 1. The van der Waals surface area contributed by atoms with E-state index >= 15 is 0 Å². The van der Waals surface area contributed by atoms with Gasteiger partial charge in [-0.25, -0.2) is 8.42 Å². The lowest BCUT2D eigenvalue weighted by Gasteiger charge is -2.20. The summed E-state index contributed by atoms with van der Waals surface area (Å²) in [6, 6.07) is 15.3. The van der Waals surface area contributed by atoms with Crippen LogP contribution in [0.25, 0.3) is 10.9 Å². The molecule has 0 saturated carbocycles. The van der Waals surface area contributed by atoms with Crippen LogP contribution in [0.2, 0.25) is 0 Å². The van der Waals surface area contributed by atoms with Crippen molar-refractivity contribution >= 4 is 26.8 Å². The predicted molar refractivity (Wildman–Crippen MR) is 124 cm³/mol. The topological polar surface area (TPSA) is 115 Å². The molecule has 0 saturated heterocycles. The number of rotatable bonds is 8. The normalized spacial score (nSPS) is 12.9. The van der Waals surface area contributed by atoms with Crippen LogP contribution in [-0.4, -0.2) is 31.9 Å². The number of para-hydroxylation sites is 1. The third-order valence-electron chi connectivity index (χ3n) is 5.28. The quantitative estimate of drug-likeness (QED) is 0.455. The maximum Gasteiger partial charge on any atom is 0.241 e. The number of carbonyl (C=O) groups is 1. The highest BCUT2D eigenvalue weighted by Crippen LogP contribution is 2.24. The molecule has 1 heterocycles. The van der Waals surface area contributed by atoms with Crippen LogP contribution >= 0.6 is 0 Å². The molecular weight excluding hydrogens is 424 g/mol. The van der Waals surface area contributed by atoms with Gasteiger partial charge < -0.3 is 10.3 Å². The summed E-state index contributed by atoms with van der Waals surface area (Å²) in [7, 11) is -3.94. The molecule has 1 amide bonds. The lowest BCUT2D eigenvalue weighted by atomic mass is 9.87. The molecule has 0 fully saturated rings. The van der Waals surface area contributed by atoms with Gasteiger partial charge in [0.15, 0.2) is 0 Å². The zero-order valence-electron chi connectivity index (χ0n) is 18.5. The van der Waals surface area contributed by atoms with Gasteiger partial charge in [-0.1, -0.05) is 51.1 Å². The number of sulfonamides is 1. The lowest BCUT2D eigenvalue weighted by molar-refractivity contribution is -0.122. The van der Waals surface area contributed by atoms with Crippen molar-refractivity contribution in [2.24, 2.45) is 0 Å². The third kappa shape index (κ3) is 5.55. The Balaban J connectivity index is 1.87. The fourth-order valence-corrected chi connectivity index (χ4v) is 4.66. The highest BCUT2D eigenvalue weighted by atomic mass is 32.2. The molecule has 1 unspecified atom stereocenters. The number of aromatic amines is 1. The number of carbonyl (C=O) groups excluding carboxylic acids is 1. The Hall–Kier alpha value is -3.15. The number of nitriles is 1. The molecule has 0 radical (unpaired) electrons. The van der Waals surface area contributed by atoms with Crippen LogP contribution in [0.5, 0.6) is 0 Å². The molecule has 0 bridgehead atoms. The van der Waals surface area contributed by atoms with Gasteiger partial charge in [-0.3, -0.25) is 4.79 Å². The summed E-state index contributed by atoms with van der Waals surface area (Å²) < 4.78 is 28.7. The summed E-state index contributed by atoms with van der Waals surface area (Å²) in [6.07, 6.45) is 2.10. The van der Waals surface area contributed by atoms with Crippen LogP contribution < -0.4 is 10.0 Å². The monoisotopic (exact) mass is 452 g/mol. The van der Waals surface area contributed by atoms with Crippen LogP contribution in [0.1, 0.15) is 38.3 Å². The largest absolute Gasteiger partial charge is 0.361 e. The fourth-order valence-electron chi connectivity index (χ4n) is 3.46. The van der Waals surface area contributed by atoms with Gasteiger partial charge in [0, 0.05) is 23.6 Å². The highest BCUT2D eigenvalue weighted by Gasteiger charge is 2.27. The smallest absolute Gasteiger partial charge is 0.241 e. The fraction of sp³-hybridized carbons (Fsp3) is 0.333. The average molecular weight is 453 g/mol. The molecule has 168 valence electrons. The summed E-state index contributed by atoms with van der Waals surface area (Å²) >= 11 is 0. The summed E-state index contributed by atoms with van der Waals surface area (Å²) in [5, 5.41) is 12.3. The SMILES string of the molecule is CC(C)(C)c1ccc(S(=O)(=O)NC(Cc2c[nH]c3ccccc23)C(=O)NCCC#N)cc1. The second kappa shape index (κ2) is 9.55. The van der Waals surface area contributed by atoms with Crippen molar-refractivity contribution in [2.75, 3.05) is 6.54 Å². The molecule has 3 N–H and O–H groups in total. The Morgan fingerprint density at radius 2 is 1.81 bits per heavy atom. The molecule has 8 heteroatoms. The van der Waals surface area contributed by atoms with E-state index in [-0.39, 0.29) is 29.7 Å². The number of fused-ring (bicyclic) bond motifs is 1. The minimum absolute atomic E-state index is 0.0965. The minimum atomic E-state index is -3.94. The first-order valence-corrected chi connectivity index (χ1v) is 11.9. The van der Waals surface area contributed by atoms with E-state index in [9.17, 15) is 13.2 Å². The van der Waals surface area contributed by atoms with Crippen LogP contribution in [0.4, 0.5) is 0 Å². The van der Waals surface area contributed by atoms with Crippen LogP contribution in [0.3, 0.4) is 0 Å². The molecule has 0 aliphatic rings. The van der Waals surface area contributed by atoms with Gasteiger partial charge in [-0.05, 0) is 41.2 Å². The number of hydrogen-bond donors (Lipinski definition) is 3. The average Bonchev–Trinajstić information content (AvgIpc) is 3.15. The first-order valence-electron chi connectivity index (χ1n) is 10.4. The Bertz CT molecular complexity index is 1230. The maximum absolute atomic E-state index is 13.1. The van der Waals surface area contributed by atoms with Gasteiger partial charge in [0.05, 0.1) is 17.4 Å². The van der Waals surface area contributed by atoms with Crippen LogP contribution in [0.15, 0.2) is 59.6 Å². The van der Waals surface area contributed by atoms with Gasteiger partial charge in [0.2, 0.25) is 15.9 Å². The number of hydrogen-bond acceptors (Lipinski definition) is 4. The van der Waals surface area contributed by atoms with Gasteiger partial charge in [-0.15, -0.1) is 0 Å². The van der Waals surface area contributed by atoms with Crippen LogP contribution in [0, 0.1) is 11.3 Å². The number of benzene rings is 2. The number of nitrogens with zero attached hydrogens (tertiary/aromatic N) is 1. The van der Waals surface area contributed by atoms with E-state index in [1.54, 1.807) is 30.5 Å². The van der Waals surface area contributed by atoms with Crippen molar-refractivity contribution in [3.63, 3.8) is 0 Å². The first-order chi connectivity index (χ1) is 15.1. The maximum atomic E-state index is 13.1. The van der Waals surface area contributed by atoms with Crippen molar-refractivity contribution in [3.8, 4) is 6.07 Å². The summed E-state index contributed by atoms with van der Waals surface area (Å²) in [5.41, 5.74) is 2.65.